The summed E-state index contributed by atoms with van der Waals surface area (Å²) in [7, 11) is 0. The Morgan fingerprint density at radius 3 is 2.45 bits per heavy atom. The largest absolute Gasteiger partial charge is 0.423 e. The van der Waals surface area contributed by atoms with E-state index in [2.05, 4.69) is 5.16 Å². The molecule has 0 bridgehead atoms. The van der Waals surface area contributed by atoms with E-state index in [9.17, 15) is 19.7 Å². The van der Waals surface area contributed by atoms with Gasteiger partial charge in [-0.25, -0.2) is 9.59 Å². The molecule has 0 fully saturated rings. The molecule has 0 saturated heterocycles. The molecule has 0 aromatic heterocycles. The predicted molar refractivity (Wildman–Crippen MR) is 112 cm³/mol. The maximum absolute atomic E-state index is 12.3. The third-order valence-corrected chi connectivity index (χ3v) is 4.44. The number of non-ortho nitro benzene ring substituents is 1. The van der Waals surface area contributed by atoms with Crippen molar-refractivity contribution >= 4 is 29.4 Å². The van der Waals surface area contributed by atoms with Crippen molar-refractivity contribution in [3.05, 3.63) is 111 Å². The Kier molecular flexibility index (Phi) is 5.35. The lowest BCUT2D eigenvalue weighted by Gasteiger charge is -2.05. The van der Waals surface area contributed by atoms with Gasteiger partial charge in [0, 0.05) is 17.7 Å². The molecule has 4 rings (SSSR count). The van der Waals surface area contributed by atoms with Crippen LogP contribution in [0.2, 0.25) is 0 Å². The second kappa shape index (κ2) is 8.42. The number of ether oxygens (including phenoxy) is 1. The van der Waals surface area contributed by atoms with Crippen LogP contribution in [0.15, 0.2) is 89.6 Å². The molecule has 0 unspecified atom stereocenters. The van der Waals surface area contributed by atoms with Gasteiger partial charge in [-0.3, -0.25) is 10.1 Å². The van der Waals surface area contributed by atoms with Gasteiger partial charge < -0.3 is 9.57 Å². The van der Waals surface area contributed by atoms with Gasteiger partial charge in [-0.05, 0) is 29.8 Å². The molecule has 0 spiro atoms. The van der Waals surface area contributed by atoms with Crippen LogP contribution in [0, 0.1) is 10.1 Å². The highest BCUT2D eigenvalue weighted by Crippen LogP contribution is 2.22. The smallest absolute Gasteiger partial charge is 0.368 e. The van der Waals surface area contributed by atoms with E-state index in [1.165, 1.54) is 18.2 Å². The van der Waals surface area contributed by atoms with Gasteiger partial charge >= 0.3 is 11.9 Å². The summed E-state index contributed by atoms with van der Waals surface area (Å²) < 4.78 is 5.27. The van der Waals surface area contributed by atoms with Gasteiger partial charge in [0.2, 0.25) is 0 Å². The van der Waals surface area contributed by atoms with E-state index in [0.717, 1.165) is 11.6 Å². The van der Waals surface area contributed by atoms with Gasteiger partial charge in [-0.1, -0.05) is 53.7 Å². The molecule has 3 aromatic rings. The zero-order valence-corrected chi connectivity index (χ0v) is 15.9. The molecular weight excluding hydrogens is 400 g/mol. The van der Waals surface area contributed by atoms with Gasteiger partial charge in [0.15, 0.2) is 0 Å². The third-order valence-electron chi connectivity index (χ3n) is 4.44. The lowest BCUT2D eigenvalue weighted by Crippen LogP contribution is -2.09. The molecule has 1 aliphatic heterocycles. The number of oxime groups is 1. The van der Waals surface area contributed by atoms with Crippen molar-refractivity contribution < 1.29 is 24.1 Å². The van der Waals surface area contributed by atoms with E-state index in [1.54, 1.807) is 30.3 Å². The van der Waals surface area contributed by atoms with E-state index < -0.39 is 16.9 Å². The van der Waals surface area contributed by atoms with Crippen molar-refractivity contribution in [2.24, 2.45) is 5.16 Å². The quantitative estimate of drug-likeness (QED) is 0.155. The van der Waals surface area contributed by atoms with E-state index >= 15 is 0 Å². The van der Waals surface area contributed by atoms with E-state index in [1.807, 2.05) is 30.3 Å². The number of carbonyl (C=O) groups is 2. The van der Waals surface area contributed by atoms with Crippen molar-refractivity contribution in [1.29, 1.82) is 0 Å². The lowest BCUT2D eigenvalue weighted by molar-refractivity contribution is -0.384. The number of benzene rings is 3. The minimum Gasteiger partial charge on any atom is -0.423 e. The van der Waals surface area contributed by atoms with Crippen LogP contribution in [0.3, 0.4) is 0 Å². The summed E-state index contributed by atoms with van der Waals surface area (Å²) in [5.41, 5.74) is 2.04. The first kappa shape index (κ1) is 19.7. The Bertz CT molecular complexity index is 1230. The standard InChI is InChI=1S/C23H14N2O6/c26-22(17-7-4-8-18(14-17)25(28)29)30-19-11-9-15(10-12-19)13-20-21(24-31-23(20)27)16-5-2-1-3-6-16/h1-14H/b20-13+. The van der Waals surface area contributed by atoms with Gasteiger partial charge in [0.1, 0.15) is 11.5 Å². The predicted octanol–water partition coefficient (Wildman–Crippen LogP) is 4.16. The molecule has 152 valence electrons. The maximum atomic E-state index is 12.3. The van der Waals surface area contributed by atoms with Crippen LogP contribution in [-0.2, 0) is 9.63 Å². The number of nitrogens with zero attached hydrogens (tertiary/aromatic N) is 2. The van der Waals surface area contributed by atoms with Crippen molar-refractivity contribution in [2.45, 2.75) is 0 Å². The average molecular weight is 414 g/mol. The summed E-state index contributed by atoms with van der Waals surface area (Å²) in [6.07, 6.45) is 1.63. The molecule has 0 aliphatic carbocycles. The summed E-state index contributed by atoms with van der Waals surface area (Å²) in [6, 6.07) is 20.9. The SMILES string of the molecule is O=C1ON=C(c2ccccc2)/C1=C\c1ccc(OC(=O)c2cccc([N+](=O)[O-])c2)cc1. The normalized spacial score (nSPS) is 14.1. The summed E-state index contributed by atoms with van der Waals surface area (Å²) in [4.78, 5) is 39.4. The monoisotopic (exact) mass is 414 g/mol. The van der Waals surface area contributed by atoms with Crippen LogP contribution < -0.4 is 4.74 Å². The molecule has 31 heavy (non-hydrogen) atoms. The van der Waals surface area contributed by atoms with Crippen LogP contribution in [-0.4, -0.2) is 22.6 Å². The Hall–Kier alpha value is -4.59. The molecule has 1 heterocycles. The van der Waals surface area contributed by atoms with Crippen LogP contribution in [0.5, 0.6) is 5.75 Å². The Labute approximate surface area is 176 Å². The van der Waals surface area contributed by atoms with E-state index in [4.69, 9.17) is 9.57 Å². The minimum absolute atomic E-state index is 0.0674. The second-order valence-electron chi connectivity index (χ2n) is 6.51. The first-order valence-corrected chi connectivity index (χ1v) is 9.15. The molecular formula is C23H14N2O6. The van der Waals surface area contributed by atoms with Crippen LogP contribution >= 0.6 is 0 Å². The lowest BCUT2D eigenvalue weighted by atomic mass is 10.0. The first-order chi connectivity index (χ1) is 15.0. The Morgan fingerprint density at radius 1 is 1.00 bits per heavy atom. The van der Waals surface area contributed by atoms with Crippen LogP contribution in [0.4, 0.5) is 5.69 Å². The Morgan fingerprint density at radius 2 is 1.74 bits per heavy atom. The molecule has 8 heteroatoms. The molecule has 0 radical (unpaired) electrons. The zero-order chi connectivity index (χ0) is 21.8. The molecule has 3 aromatic carbocycles. The summed E-state index contributed by atoms with van der Waals surface area (Å²) in [6.45, 7) is 0. The number of hydrogen-bond donors (Lipinski definition) is 0. The second-order valence-corrected chi connectivity index (χ2v) is 6.51. The van der Waals surface area contributed by atoms with Gasteiger partial charge in [-0.15, -0.1) is 0 Å². The molecule has 1 aliphatic rings. The number of rotatable bonds is 5. The average Bonchev–Trinajstić information content (AvgIpc) is 3.15. The number of nitro benzene ring substituents is 1. The van der Waals surface area contributed by atoms with Crippen LogP contribution in [0.25, 0.3) is 6.08 Å². The van der Waals surface area contributed by atoms with Crippen molar-refractivity contribution in [3.8, 4) is 5.75 Å². The topological polar surface area (TPSA) is 108 Å². The molecule has 0 amide bonds. The highest BCUT2D eigenvalue weighted by Gasteiger charge is 2.26. The third kappa shape index (κ3) is 4.38. The van der Waals surface area contributed by atoms with E-state index in [-0.39, 0.29) is 17.0 Å². The van der Waals surface area contributed by atoms with Gasteiger partial charge in [0.25, 0.3) is 5.69 Å². The number of esters is 1. The van der Waals surface area contributed by atoms with Gasteiger partial charge in [-0.2, -0.15) is 0 Å². The summed E-state index contributed by atoms with van der Waals surface area (Å²) >= 11 is 0. The minimum atomic E-state index is -0.715. The fourth-order valence-corrected chi connectivity index (χ4v) is 2.92. The zero-order valence-electron chi connectivity index (χ0n) is 15.9. The van der Waals surface area contributed by atoms with Crippen molar-refractivity contribution in [1.82, 2.24) is 0 Å². The molecule has 0 atom stereocenters. The number of carbonyl (C=O) groups excluding carboxylic acids is 2. The first-order valence-electron chi connectivity index (χ1n) is 9.15. The Balaban J connectivity index is 1.51. The fraction of sp³-hybridized carbons (Fsp3) is 0. The molecule has 0 saturated carbocycles. The maximum Gasteiger partial charge on any atom is 0.368 e. The fourth-order valence-electron chi connectivity index (χ4n) is 2.92. The highest BCUT2D eigenvalue weighted by molar-refractivity contribution is 6.31. The van der Waals surface area contributed by atoms with Crippen molar-refractivity contribution in [3.63, 3.8) is 0 Å². The number of hydrogen-bond acceptors (Lipinski definition) is 7. The summed E-state index contributed by atoms with van der Waals surface area (Å²) in [5.74, 6) is -1.02. The van der Waals surface area contributed by atoms with Gasteiger partial charge in [0.05, 0.1) is 16.1 Å². The van der Waals surface area contributed by atoms with Crippen molar-refractivity contribution in [2.75, 3.05) is 0 Å². The highest BCUT2D eigenvalue weighted by atomic mass is 16.7. The van der Waals surface area contributed by atoms with E-state index in [0.29, 0.717) is 16.8 Å². The van der Waals surface area contributed by atoms with Crippen LogP contribution in [0.1, 0.15) is 21.5 Å². The molecule has 8 nitrogen and oxygen atoms in total. The molecule has 0 N–H and O–H groups in total. The number of nitro groups is 1. The summed E-state index contributed by atoms with van der Waals surface area (Å²) in [5, 5.41) is 14.7.